The van der Waals surface area contributed by atoms with Crippen LogP contribution in [-0.4, -0.2) is 48.9 Å². The maximum atomic E-state index is 13.0. The summed E-state index contributed by atoms with van der Waals surface area (Å²) in [5, 5.41) is 3.37. The average Bonchev–Trinajstić information content (AvgIpc) is 3.22. The van der Waals surface area contributed by atoms with Crippen LogP contribution in [0.1, 0.15) is 41.2 Å². The number of thiazole rings is 1. The Morgan fingerprint density at radius 3 is 2.71 bits per heavy atom. The summed E-state index contributed by atoms with van der Waals surface area (Å²) in [7, 11) is -3.69. The maximum absolute atomic E-state index is 13.0. The molecule has 0 radical (unpaired) electrons. The number of fused-ring (bicyclic) bond motifs is 1. The molecular formula is C19H23N3O4S2. The van der Waals surface area contributed by atoms with Crippen molar-refractivity contribution in [1.82, 2.24) is 9.29 Å². The Bertz CT molecular complexity index is 971. The number of ether oxygens (including phenoxy) is 1. The summed E-state index contributed by atoms with van der Waals surface area (Å²) in [6, 6.07) is 6.16. The van der Waals surface area contributed by atoms with Crippen LogP contribution in [0.15, 0.2) is 29.2 Å². The number of rotatable bonds is 4. The topological polar surface area (TPSA) is 88.6 Å². The van der Waals surface area contributed by atoms with Crippen LogP contribution >= 0.6 is 11.3 Å². The Morgan fingerprint density at radius 2 is 2.00 bits per heavy atom. The minimum atomic E-state index is -3.69. The summed E-state index contributed by atoms with van der Waals surface area (Å²) in [5.74, 6) is -0.354. The first-order valence-electron chi connectivity index (χ1n) is 9.38. The van der Waals surface area contributed by atoms with Gasteiger partial charge in [0, 0.05) is 23.5 Å². The van der Waals surface area contributed by atoms with Crippen LogP contribution in [0, 0.1) is 0 Å². The minimum Gasteiger partial charge on any atom is -0.373 e. The number of benzene rings is 1. The molecular weight excluding hydrogens is 398 g/mol. The van der Waals surface area contributed by atoms with Crippen LogP contribution in [-0.2, 0) is 27.6 Å². The van der Waals surface area contributed by atoms with Crippen LogP contribution in [0.3, 0.4) is 0 Å². The molecule has 1 aromatic heterocycles. The van der Waals surface area contributed by atoms with Crippen LogP contribution in [0.2, 0.25) is 0 Å². The number of nitrogens with zero attached hydrogens (tertiary/aromatic N) is 2. The van der Waals surface area contributed by atoms with Gasteiger partial charge in [-0.3, -0.25) is 10.1 Å². The lowest BCUT2D eigenvalue weighted by Gasteiger charge is -2.34. The van der Waals surface area contributed by atoms with Crippen molar-refractivity contribution < 1.29 is 17.9 Å². The molecule has 2 heterocycles. The molecule has 0 bridgehead atoms. The molecule has 2 aliphatic rings. The van der Waals surface area contributed by atoms with Gasteiger partial charge in [-0.15, -0.1) is 11.3 Å². The molecule has 1 N–H and O–H groups in total. The van der Waals surface area contributed by atoms with E-state index >= 15 is 0 Å². The second-order valence-electron chi connectivity index (χ2n) is 7.30. The summed E-state index contributed by atoms with van der Waals surface area (Å²) < 4.78 is 33.1. The van der Waals surface area contributed by atoms with Crippen LogP contribution in [0.4, 0.5) is 5.13 Å². The molecule has 1 amide bonds. The monoisotopic (exact) mass is 421 g/mol. The third kappa shape index (κ3) is 3.84. The second kappa shape index (κ2) is 7.55. The van der Waals surface area contributed by atoms with E-state index in [0.717, 1.165) is 25.0 Å². The number of aryl methyl sites for hydroxylation is 2. The quantitative estimate of drug-likeness (QED) is 0.820. The van der Waals surface area contributed by atoms with E-state index in [0.29, 0.717) is 23.8 Å². The van der Waals surface area contributed by atoms with Crippen molar-refractivity contribution in [3.8, 4) is 0 Å². The average molecular weight is 422 g/mol. The van der Waals surface area contributed by atoms with Crippen LogP contribution < -0.4 is 5.32 Å². The van der Waals surface area contributed by atoms with Gasteiger partial charge in [-0.2, -0.15) is 4.31 Å². The summed E-state index contributed by atoms with van der Waals surface area (Å²) in [6.45, 7) is 4.31. The molecule has 7 nitrogen and oxygen atoms in total. The second-order valence-corrected chi connectivity index (χ2v) is 10.3. The van der Waals surface area contributed by atoms with E-state index in [-0.39, 0.29) is 23.0 Å². The molecule has 1 saturated heterocycles. The zero-order chi connectivity index (χ0) is 19.9. The molecule has 2 unspecified atom stereocenters. The molecule has 1 fully saturated rings. The lowest BCUT2D eigenvalue weighted by atomic mass is 10.2. The highest BCUT2D eigenvalue weighted by atomic mass is 32.2. The van der Waals surface area contributed by atoms with Gasteiger partial charge in [0.2, 0.25) is 10.0 Å². The molecule has 1 aliphatic carbocycles. The zero-order valence-corrected chi connectivity index (χ0v) is 17.5. The number of anilines is 1. The van der Waals surface area contributed by atoms with E-state index in [2.05, 4.69) is 10.3 Å². The van der Waals surface area contributed by atoms with Gasteiger partial charge >= 0.3 is 0 Å². The van der Waals surface area contributed by atoms with Gasteiger partial charge in [0.25, 0.3) is 5.91 Å². The van der Waals surface area contributed by atoms with Crippen molar-refractivity contribution >= 4 is 32.4 Å². The van der Waals surface area contributed by atoms with E-state index in [1.165, 1.54) is 32.7 Å². The normalized spacial score (nSPS) is 22.8. The van der Waals surface area contributed by atoms with Gasteiger partial charge < -0.3 is 4.74 Å². The Morgan fingerprint density at radius 1 is 1.25 bits per heavy atom. The van der Waals surface area contributed by atoms with Gasteiger partial charge in [-0.1, -0.05) is 6.07 Å². The Balaban J connectivity index is 1.54. The first kappa shape index (κ1) is 19.5. The van der Waals surface area contributed by atoms with Crippen molar-refractivity contribution in [2.45, 2.75) is 50.2 Å². The molecule has 150 valence electrons. The number of carbonyl (C=O) groups excluding carboxylic acids is 1. The first-order valence-corrected chi connectivity index (χ1v) is 11.6. The van der Waals surface area contributed by atoms with Crippen molar-refractivity contribution in [3.63, 3.8) is 0 Å². The van der Waals surface area contributed by atoms with Crippen molar-refractivity contribution in [1.29, 1.82) is 0 Å². The number of aromatic nitrogens is 1. The van der Waals surface area contributed by atoms with E-state index < -0.39 is 10.0 Å². The maximum Gasteiger partial charge on any atom is 0.257 e. The Hall–Kier alpha value is -1.81. The van der Waals surface area contributed by atoms with Gasteiger partial charge in [0.05, 0.1) is 22.8 Å². The molecule has 0 spiro atoms. The standard InChI is InChI=1S/C19H23N3O4S2/c1-12-10-22(11-13(2)26-12)28(24,25)15-6-3-5-14(9-15)18(23)21-19-20-16-7-4-8-17(16)27-19/h3,5-6,9,12-13H,4,7-8,10-11H2,1-2H3,(H,20,21,23). The highest BCUT2D eigenvalue weighted by molar-refractivity contribution is 7.89. The molecule has 9 heteroatoms. The summed E-state index contributed by atoms with van der Waals surface area (Å²) in [5.41, 5.74) is 1.36. The lowest BCUT2D eigenvalue weighted by molar-refractivity contribution is -0.0440. The Labute approximate surface area is 168 Å². The third-order valence-electron chi connectivity index (χ3n) is 4.94. The van der Waals surface area contributed by atoms with E-state index in [1.54, 1.807) is 12.1 Å². The molecule has 1 aromatic carbocycles. The Kier molecular flexibility index (Phi) is 5.26. The van der Waals surface area contributed by atoms with Crippen molar-refractivity contribution in [2.24, 2.45) is 0 Å². The van der Waals surface area contributed by atoms with Gasteiger partial charge in [0.15, 0.2) is 5.13 Å². The van der Waals surface area contributed by atoms with Crippen molar-refractivity contribution in [3.05, 3.63) is 40.4 Å². The van der Waals surface area contributed by atoms with Crippen molar-refractivity contribution in [2.75, 3.05) is 18.4 Å². The number of nitrogens with one attached hydrogen (secondary N) is 1. The molecule has 28 heavy (non-hydrogen) atoms. The fourth-order valence-electron chi connectivity index (χ4n) is 3.69. The predicted octanol–water partition coefficient (Wildman–Crippen LogP) is 2.68. The van der Waals surface area contributed by atoms with E-state index in [1.807, 2.05) is 13.8 Å². The number of carbonyl (C=O) groups is 1. The highest BCUT2D eigenvalue weighted by Crippen LogP contribution is 2.30. The lowest BCUT2D eigenvalue weighted by Crippen LogP contribution is -2.48. The highest BCUT2D eigenvalue weighted by Gasteiger charge is 2.32. The SMILES string of the molecule is CC1CN(S(=O)(=O)c2cccc(C(=O)Nc3nc4c(s3)CCC4)c2)CC(C)O1. The van der Waals surface area contributed by atoms with E-state index in [9.17, 15) is 13.2 Å². The molecule has 0 saturated carbocycles. The van der Waals surface area contributed by atoms with Gasteiger partial charge in [0.1, 0.15) is 0 Å². The first-order chi connectivity index (χ1) is 13.3. The van der Waals surface area contributed by atoms with E-state index in [4.69, 9.17) is 4.74 Å². The number of hydrogen-bond donors (Lipinski definition) is 1. The number of morpholine rings is 1. The largest absolute Gasteiger partial charge is 0.373 e. The van der Waals surface area contributed by atoms with Gasteiger partial charge in [-0.05, 0) is 51.3 Å². The van der Waals surface area contributed by atoms with Crippen LogP contribution in [0.5, 0.6) is 0 Å². The molecule has 1 aliphatic heterocycles. The minimum absolute atomic E-state index is 0.114. The summed E-state index contributed by atoms with van der Waals surface area (Å²) in [4.78, 5) is 18.4. The third-order valence-corrected chi connectivity index (χ3v) is 7.84. The number of sulfonamides is 1. The van der Waals surface area contributed by atoms with Crippen LogP contribution in [0.25, 0.3) is 0 Å². The number of hydrogen-bond acceptors (Lipinski definition) is 6. The predicted molar refractivity (Wildman–Crippen MR) is 107 cm³/mol. The zero-order valence-electron chi connectivity index (χ0n) is 15.8. The molecule has 2 atom stereocenters. The molecule has 2 aromatic rings. The summed E-state index contributed by atoms with van der Waals surface area (Å²) >= 11 is 1.49. The fraction of sp³-hybridized carbons (Fsp3) is 0.474. The number of amides is 1. The van der Waals surface area contributed by atoms with Gasteiger partial charge in [-0.25, -0.2) is 13.4 Å². The fourth-order valence-corrected chi connectivity index (χ4v) is 6.37. The smallest absolute Gasteiger partial charge is 0.257 e. The summed E-state index contributed by atoms with van der Waals surface area (Å²) in [6.07, 6.45) is 2.73. The molecule has 4 rings (SSSR count).